The molecule has 0 radical (unpaired) electrons. The van der Waals surface area contributed by atoms with Gasteiger partial charge in [-0.25, -0.2) is 0 Å². The van der Waals surface area contributed by atoms with E-state index in [2.05, 4.69) is 91.1 Å². The predicted molar refractivity (Wildman–Crippen MR) is 260 cm³/mol. The van der Waals surface area contributed by atoms with Crippen molar-refractivity contribution in [2.75, 3.05) is 4.90 Å². The fourth-order valence-electron chi connectivity index (χ4n) is 9.83. The molecule has 0 bridgehead atoms. The lowest BCUT2D eigenvalue weighted by Crippen LogP contribution is -2.56. The fourth-order valence-corrected chi connectivity index (χ4v) is 9.83. The summed E-state index contributed by atoms with van der Waals surface area (Å²) in [5.74, 6) is 0. The number of anilines is 3. The number of hydrogen-bond donors (Lipinski definition) is 0. The highest BCUT2D eigenvalue weighted by atomic mass is 16.3. The highest BCUT2D eigenvalue weighted by Gasteiger charge is 2.47. The molecule has 0 amide bonds. The highest BCUT2D eigenvalue weighted by Crippen LogP contribution is 2.51. The van der Waals surface area contributed by atoms with Crippen LogP contribution in [0.2, 0.25) is 0 Å². The number of furan rings is 1. The van der Waals surface area contributed by atoms with Gasteiger partial charge < -0.3 is 18.4 Å². The summed E-state index contributed by atoms with van der Waals surface area (Å²) >= 11 is 0. The molecular formula is C56H50BN3O. The van der Waals surface area contributed by atoms with Gasteiger partial charge in [0.2, 0.25) is 0 Å². The molecule has 7 aromatic carbocycles. The molecule has 61 heavy (non-hydrogen) atoms. The molecular weight excluding hydrogens is 741 g/mol. The second-order valence-electron chi connectivity index (χ2n) is 19.6. The Morgan fingerprint density at radius 3 is 1.80 bits per heavy atom. The molecule has 0 spiro atoms. The Morgan fingerprint density at radius 1 is 0.525 bits per heavy atom. The number of nitrogens with zero attached hydrogens (tertiary/aromatic N) is 3. The number of fused-ring (bicyclic) bond motifs is 13. The summed E-state index contributed by atoms with van der Waals surface area (Å²) in [4.78, 5) is 1.56. The molecule has 12 rings (SSSR count). The molecule has 0 aliphatic carbocycles. The lowest BCUT2D eigenvalue weighted by Gasteiger charge is -2.39. The number of para-hydroxylation sites is 3. The van der Waals surface area contributed by atoms with Crippen molar-refractivity contribution in [2.45, 2.75) is 78.6 Å². The zero-order valence-electron chi connectivity index (χ0n) is 49.5. The van der Waals surface area contributed by atoms with Crippen molar-refractivity contribution in [3.63, 3.8) is 0 Å². The summed E-state index contributed by atoms with van der Waals surface area (Å²) in [6.07, 6.45) is 0. The maximum Gasteiger partial charge on any atom is 0.375 e. The van der Waals surface area contributed by atoms with Crippen molar-refractivity contribution in [2.24, 2.45) is 0 Å². The van der Waals surface area contributed by atoms with Crippen molar-refractivity contribution in [1.29, 1.82) is 0 Å². The number of hydrogen-bond acceptors (Lipinski definition) is 2. The first-order chi connectivity index (χ1) is 35.0. The molecule has 0 N–H and O–H groups in total. The average molecular weight is 806 g/mol. The van der Waals surface area contributed by atoms with Crippen LogP contribution in [0, 0.1) is 0 Å². The minimum atomic E-state index is -0.917. The van der Waals surface area contributed by atoms with E-state index in [1.165, 1.54) is 0 Å². The van der Waals surface area contributed by atoms with Gasteiger partial charge in [0.25, 0.3) is 0 Å². The number of benzene rings is 7. The summed E-state index contributed by atoms with van der Waals surface area (Å²) in [6.45, 7) is 18.1. The molecule has 5 heteroatoms. The predicted octanol–water partition coefficient (Wildman–Crippen LogP) is 13.9. The van der Waals surface area contributed by atoms with E-state index in [1.54, 1.807) is 9.47 Å². The maximum atomic E-state index is 9.51. The maximum absolute atomic E-state index is 9.51. The lowest BCUT2D eigenvalue weighted by molar-refractivity contribution is 0.590. The van der Waals surface area contributed by atoms with E-state index in [-0.39, 0.29) is 51.2 Å². The topological polar surface area (TPSA) is 26.2 Å². The Kier molecular flexibility index (Phi) is 4.90. The van der Waals surface area contributed by atoms with Crippen LogP contribution in [-0.2, 0) is 16.2 Å². The van der Waals surface area contributed by atoms with Crippen molar-refractivity contribution < 1.29 is 23.6 Å². The normalized spacial score (nSPS) is 17.1. The van der Waals surface area contributed by atoms with Crippen LogP contribution < -0.4 is 16.0 Å². The Labute approximate surface area is 377 Å². The Hall–Kier alpha value is -6.46. The summed E-state index contributed by atoms with van der Waals surface area (Å²) in [7, 11) is 0. The third-order valence-corrected chi connectivity index (χ3v) is 12.8. The first-order valence-corrected chi connectivity index (χ1v) is 20.7. The smallest absolute Gasteiger partial charge is 0.375 e. The summed E-state index contributed by atoms with van der Waals surface area (Å²) in [5, 5.41) is 3.19. The minimum Gasteiger partial charge on any atom is -0.466 e. The second-order valence-corrected chi connectivity index (χ2v) is 19.6. The molecule has 0 saturated carbocycles. The van der Waals surface area contributed by atoms with E-state index in [0.717, 1.165) is 60.4 Å². The van der Waals surface area contributed by atoms with Gasteiger partial charge in [-0.1, -0.05) is 123 Å². The van der Waals surface area contributed by atoms with Gasteiger partial charge in [0, 0.05) is 60.6 Å². The molecule has 0 atom stereocenters. The molecule has 5 heterocycles. The van der Waals surface area contributed by atoms with E-state index in [1.807, 2.05) is 30.3 Å². The van der Waals surface area contributed by atoms with Crippen molar-refractivity contribution in [3.05, 3.63) is 156 Å². The van der Waals surface area contributed by atoms with Crippen molar-refractivity contribution in [1.82, 2.24) is 9.05 Å². The standard InChI is InChI=1S/C56H50BN3O/c1-54(2,3)33-24-25-43-41(28-33)48-44(58(43)36-18-12-10-13-19-36)26-27-45-49(48)42-31-34(55(4,5)6)30-40-39-29-35(56(7,8)9)32-46-50(39)57(60(45)51(40)42)53-52(38-22-16-17-23-47(38)61-53)59(46)37-20-14-11-15-21-37/h10-32H,1-9H3/i10D,11D,12D,13D,14D,15D,16D,17D,18D,19D,20D,21D,22D,23D. The van der Waals surface area contributed by atoms with Crippen molar-refractivity contribution in [3.8, 4) is 16.8 Å². The van der Waals surface area contributed by atoms with E-state index in [9.17, 15) is 8.22 Å². The molecule has 298 valence electrons. The van der Waals surface area contributed by atoms with Gasteiger partial charge in [0.05, 0.1) is 35.9 Å². The molecule has 0 saturated heterocycles. The van der Waals surface area contributed by atoms with E-state index in [0.29, 0.717) is 22.2 Å². The van der Waals surface area contributed by atoms with Gasteiger partial charge in [0.1, 0.15) is 11.2 Å². The largest absolute Gasteiger partial charge is 0.466 e. The molecule has 10 aromatic rings. The lowest BCUT2D eigenvalue weighted by atomic mass is 9.47. The van der Waals surface area contributed by atoms with Crippen LogP contribution in [0.25, 0.3) is 71.4 Å². The number of aromatic nitrogens is 2. The van der Waals surface area contributed by atoms with Gasteiger partial charge in [-0.15, -0.1) is 0 Å². The summed E-state index contributed by atoms with van der Waals surface area (Å²) < 4.78 is 137. The quantitative estimate of drug-likeness (QED) is 0.163. The van der Waals surface area contributed by atoms with Crippen LogP contribution in [-0.4, -0.2) is 15.9 Å². The molecule has 2 aliphatic rings. The molecule has 0 unspecified atom stereocenters. The van der Waals surface area contributed by atoms with Crippen LogP contribution in [0.15, 0.2) is 144 Å². The summed E-state index contributed by atoms with van der Waals surface area (Å²) in [6, 6.07) is 11.6. The van der Waals surface area contributed by atoms with Crippen LogP contribution in [0.5, 0.6) is 0 Å². The average Bonchev–Trinajstić information content (AvgIpc) is 4.17. The monoisotopic (exact) mass is 805 g/mol. The zero-order chi connectivity index (χ0) is 54.1. The zero-order valence-corrected chi connectivity index (χ0v) is 35.5. The first-order valence-electron chi connectivity index (χ1n) is 27.7. The van der Waals surface area contributed by atoms with E-state index in [4.69, 9.17) is 15.4 Å². The van der Waals surface area contributed by atoms with Gasteiger partial charge >= 0.3 is 6.85 Å². The fraction of sp³-hybridized carbons (Fsp3) is 0.214. The minimum absolute atomic E-state index is 0.00611. The number of rotatable bonds is 2. The molecule has 3 aromatic heterocycles. The van der Waals surface area contributed by atoms with E-state index >= 15 is 0 Å². The van der Waals surface area contributed by atoms with Gasteiger partial charge in [-0.05, 0) is 123 Å². The molecule has 2 aliphatic heterocycles. The van der Waals surface area contributed by atoms with Crippen molar-refractivity contribution >= 4 is 89.6 Å². The highest BCUT2D eigenvalue weighted by molar-refractivity contribution is 6.89. The van der Waals surface area contributed by atoms with E-state index < -0.39 is 90.2 Å². The van der Waals surface area contributed by atoms with Crippen LogP contribution in [0.3, 0.4) is 0 Å². The third-order valence-electron chi connectivity index (χ3n) is 12.8. The van der Waals surface area contributed by atoms with Crippen LogP contribution >= 0.6 is 0 Å². The first kappa shape index (κ1) is 24.7. The SMILES string of the molecule is [2H]c1c([2H])c([2H])c(N2c3cc(C(C)(C)C)cc4c3B(c3oc5c([2H])c([2H])c([2H])c([2H])c5c32)n2c3ccc5c(c6cc(C(C)(C)C)ccc6n5-c5c([2H])c([2H])c([2H])c([2H])c5[2H])c3c3cc(C(C)(C)C)cc-4c32)c([2H])c1[2H]. The Morgan fingerprint density at radius 2 is 1.10 bits per heavy atom. The second kappa shape index (κ2) is 12.1. The summed E-state index contributed by atoms with van der Waals surface area (Å²) in [5.41, 5.74) is 6.97. The Bertz CT molecular complexity index is 4260. The van der Waals surface area contributed by atoms with Gasteiger partial charge in [-0.3, -0.25) is 0 Å². The molecule has 4 nitrogen and oxygen atoms in total. The third kappa shape index (κ3) is 5.01. The van der Waals surface area contributed by atoms with Gasteiger partial charge in [-0.2, -0.15) is 0 Å². The van der Waals surface area contributed by atoms with Gasteiger partial charge in [0.15, 0.2) is 0 Å². The Balaban J connectivity index is 1.35. The van der Waals surface area contributed by atoms with Crippen LogP contribution in [0.1, 0.15) is 98.2 Å². The van der Waals surface area contributed by atoms with Crippen LogP contribution in [0.4, 0.5) is 17.1 Å². The molecule has 0 fully saturated rings.